The molecule has 1 aliphatic heterocycles. The third kappa shape index (κ3) is 4.75. The van der Waals surface area contributed by atoms with Gasteiger partial charge in [0, 0.05) is 44.5 Å². The molecule has 0 aliphatic carbocycles. The van der Waals surface area contributed by atoms with Gasteiger partial charge in [-0.25, -0.2) is 0 Å². The van der Waals surface area contributed by atoms with Crippen molar-refractivity contribution in [3.05, 3.63) is 54.6 Å². The molecular formula is C20H23N3O3. The highest BCUT2D eigenvalue weighted by molar-refractivity contribution is 5.92. The highest BCUT2D eigenvalue weighted by Gasteiger charge is 2.18. The Balaban J connectivity index is 1.48. The molecule has 1 saturated heterocycles. The fourth-order valence-corrected chi connectivity index (χ4v) is 2.90. The second-order valence-electron chi connectivity index (χ2n) is 6.19. The zero-order chi connectivity index (χ0) is 18.4. The van der Waals surface area contributed by atoms with Gasteiger partial charge >= 0.3 is 0 Å². The second kappa shape index (κ2) is 8.38. The molecule has 26 heavy (non-hydrogen) atoms. The molecular weight excluding hydrogens is 330 g/mol. The van der Waals surface area contributed by atoms with Crippen molar-refractivity contribution < 1.29 is 14.3 Å². The molecule has 0 unspecified atom stereocenters. The van der Waals surface area contributed by atoms with E-state index in [0.717, 1.165) is 37.6 Å². The van der Waals surface area contributed by atoms with Crippen LogP contribution in [-0.2, 0) is 9.59 Å². The maximum absolute atomic E-state index is 12.0. The Labute approximate surface area is 153 Å². The topological polar surface area (TPSA) is 61.9 Å². The molecule has 2 aromatic rings. The summed E-state index contributed by atoms with van der Waals surface area (Å²) in [6, 6.07) is 17.0. The van der Waals surface area contributed by atoms with Crippen molar-refractivity contribution in [2.75, 3.05) is 43.0 Å². The molecule has 0 atom stereocenters. The molecule has 0 radical (unpaired) electrons. The van der Waals surface area contributed by atoms with Crippen LogP contribution in [0.4, 0.5) is 11.4 Å². The Kier molecular flexibility index (Phi) is 5.73. The van der Waals surface area contributed by atoms with Crippen LogP contribution < -0.4 is 15.0 Å². The molecule has 1 aliphatic rings. The maximum Gasteiger partial charge on any atom is 0.262 e. The van der Waals surface area contributed by atoms with E-state index in [1.54, 1.807) is 6.92 Å². The first-order valence-electron chi connectivity index (χ1n) is 8.70. The molecule has 6 nitrogen and oxygen atoms in total. The zero-order valence-corrected chi connectivity index (χ0v) is 14.9. The SMILES string of the molecule is CC(=O)N1CCN(c2ccc(NC(=O)COc3ccccc3)cc2)CC1. The maximum atomic E-state index is 12.0. The van der Waals surface area contributed by atoms with E-state index in [1.165, 1.54) is 0 Å². The third-order valence-corrected chi connectivity index (χ3v) is 4.35. The van der Waals surface area contributed by atoms with Gasteiger partial charge in [0.25, 0.3) is 5.91 Å². The first-order valence-corrected chi connectivity index (χ1v) is 8.70. The number of carbonyl (C=O) groups is 2. The van der Waals surface area contributed by atoms with E-state index in [4.69, 9.17) is 4.74 Å². The van der Waals surface area contributed by atoms with Gasteiger partial charge in [-0.2, -0.15) is 0 Å². The summed E-state index contributed by atoms with van der Waals surface area (Å²) < 4.78 is 5.44. The lowest BCUT2D eigenvalue weighted by Crippen LogP contribution is -2.48. The number of nitrogens with zero attached hydrogens (tertiary/aromatic N) is 2. The van der Waals surface area contributed by atoms with Gasteiger partial charge in [-0.05, 0) is 36.4 Å². The molecule has 1 fully saturated rings. The number of piperazine rings is 1. The standard InChI is InChI=1S/C20H23N3O3/c1-16(24)22-11-13-23(14-12-22)18-9-7-17(8-10-18)21-20(25)15-26-19-5-3-2-4-6-19/h2-10H,11-15H2,1H3,(H,21,25). The van der Waals surface area contributed by atoms with Crippen LogP contribution in [0.15, 0.2) is 54.6 Å². The number of ether oxygens (including phenoxy) is 1. The first kappa shape index (κ1) is 17.8. The average Bonchev–Trinajstić information content (AvgIpc) is 2.68. The lowest BCUT2D eigenvalue weighted by atomic mass is 10.2. The van der Waals surface area contributed by atoms with Crippen LogP contribution in [0.5, 0.6) is 5.75 Å². The Hall–Kier alpha value is -3.02. The Morgan fingerprint density at radius 2 is 1.62 bits per heavy atom. The Morgan fingerprint density at radius 3 is 2.23 bits per heavy atom. The van der Waals surface area contributed by atoms with Gasteiger partial charge in [0.15, 0.2) is 6.61 Å². The summed E-state index contributed by atoms with van der Waals surface area (Å²) in [6.45, 7) is 4.69. The highest BCUT2D eigenvalue weighted by atomic mass is 16.5. The molecule has 1 heterocycles. The lowest BCUT2D eigenvalue weighted by molar-refractivity contribution is -0.129. The van der Waals surface area contributed by atoms with E-state index >= 15 is 0 Å². The summed E-state index contributed by atoms with van der Waals surface area (Å²) in [7, 11) is 0. The van der Waals surface area contributed by atoms with Crippen molar-refractivity contribution in [2.45, 2.75) is 6.92 Å². The monoisotopic (exact) mass is 353 g/mol. The highest BCUT2D eigenvalue weighted by Crippen LogP contribution is 2.19. The van der Waals surface area contributed by atoms with Crippen molar-refractivity contribution in [2.24, 2.45) is 0 Å². The molecule has 0 saturated carbocycles. The number of para-hydroxylation sites is 1. The van der Waals surface area contributed by atoms with Crippen molar-refractivity contribution in [3.63, 3.8) is 0 Å². The normalized spacial score (nSPS) is 14.0. The number of hydrogen-bond acceptors (Lipinski definition) is 4. The molecule has 3 rings (SSSR count). The summed E-state index contributed by atoms with van der Waals surface area (Å²) in [6.07, 6.45) is 0. The molecule has 0 aromatic heterocycles. The number of anilines is 2. The van der Waals surface area contributed by atoms with Gasteiger partial charge in [-0.3, -0.25) is 9.59 Å². The molecule has 1 N–H and O–H groups in total. The number of nitrogens with one attached hydrogen (secondary N) is 1. The van der Waals surface area contributed by atoms with Crippen LogP contribution in [0, 0.1) is 0 Å². The molecule has 2 amide bonds. The molecule has 136 valence electrons. The molecule has 6 heteroatoms. The van der Waals surface area contributed by atoms with Crippen LogP contribution in [0.3, 0.4) is 0 Å². The zero-order valence-electron chi connectivity index (χ0n) is 14.9. The van der Waals surface area contributed by atoms with Gasteiger partial charge < -0.3 is 19.9 Å². The minimum atomic E-state index is -0.198. The summed E-state index contributed by atoms with van der Waals surface area (Å²) >= 11 is 0. The Bertz CT molecular complexity index is 739. The smallest absolute Gasteiger partial charge is 0.262 e. The van der Waals surface area contributed by atoms with E-state index in [-0.39, 0.29) is 18.4 Å². The number of carbonyl (C=O) groups excluding carboxylic acids is 2. The lowest BCUT2D eigenvalue weighted by Gasteiger charge is -2.35. The van der Waals surface area contributed by atoms with E-state index < -0.39 is 0 Å². The van der Waals surface area contributed by atoms with Crippen LogP contribution in [0.25, 0.3) is 0 Å². The predicted molar refractivity (Wildman–Crippen MR) is 101 cm³/mol. The predicted octanol–water partition coefficient (Wildman–Crippen LogP) is 2.37. The second-order valence-corrected chi connectivity index (χ2v) is 6.19. The van der Waals surface area contributed by atoms with Crippen molar-refractivity contribution in [1.29, 1.82) is 0 Å². The van der Waals surface area contributed by atoms with Crippen molar-refractivity contribution in [1.82, 2.24) is 4.90 Å². The van der Waals surface area contributed by atoms with Gasteiger partial charge in [0.05, 0.1) is 0 Å². The summed E-state index contributed by atoms with van der Waals surface area (Å²) in [5.41, 5.74) is 1.82. The van der Waals surface area contributed by atoms with Gasteiger partial charge in [0.1, 0.15) is 5.75 Å². The van der Waals surface area contributed by atoms with E-state index in [0.29, 0.717) is 5.75 Å². The van der Waals surface area contributed by atoms with E-state index in [2.05, 4.69) is 10.2 Å². The minimum Gasteiger partial charge on any atom is -0.484 e. The fraction of sp³-hybridized carbons (Fsp3) is 0.300. The quantitative estimate of drug-likeness (QED) is 0.896. The third-order valence-electron chi connectivity index (χ3n) is 4.35. The molecule has 0 spiro atoms. The average molecular weight is 353 g/mol. The van der Waals surface area contributed by atoms with Gasteiger partial charge in [-0.1, -0.05) is 18.2 Å². The van der Waals surface area contributed by atoms with Crippen LogP contribution in [0.1, 0.15) is 6.92 Å². The van der Waals surface area contributed by atoms with Crippen molar-refractivity contribution in [3.8, 4) is 5.75 Å². The largest absolute Gasteiger partial charge is 0.484 e. The summed E-state index contributed by atoms with van der Waals surface area (Å²) in [4.78, 5) is 27.5. The van der Waals surface area contributed by atoms with Gasteiger partial charge in [-0.15, -0.1) is 0 Å². The van der Waals surface area contributed by atoms with Crippen molar-refractivity contribution >= 4 is 23.2 Å². The Morgan fingerprint density at radius 1 is 0.962 bits per heavy atom. The number of rotatable bonds is 5. The van der Waals surface area contributed by atoms with Gasteiger partial charge in [0.2, 0.25) is 5.91 Å². The summed E-state index contributed by atoms with van der Waals surface area (Å²) in [5.74, 6) is 0.597. The number of amides is 2. The minimum absolute atomic E-state index is 0.0290. The number of benzene rings is 2. The first-order chi connectivity index (χ1) is 12.6. The number of hydrogen-bond donors (Lipinski definition) is 1. The fourth-order valence-electron chi connectivity index (χ4n) is 2.90. The van der Waals surface area contributed by atoms with Crippen LogP contribution >= 0.6 is 0 Å². The van der Waals surface area contributed by atoms with Crippen LogP contribution in [-0.4, -0.2) is 49.5 Å². The summed E-state index contributed by atoms with van der Waals surface area (Å²) in [5, 5.41) is 2.83. The van der Waals surface area contributed by atoms with E-state index in [9.17, 15) is 9.59 Å². The molecule has 0 bridgehead atoms. The molecule has 2 aromatic carbocycles. The van der Waals surface area contributed by atoms with E-state index in [1.807, 2.05) is 59.5 Å². The van der Waals surface area contributed by atoms with Crippen LogP contribution in [0.2, 0.25) is 0 Å².